The molecule has 1 aromatic carbocycles. The van der Waals surface area contributed by atoms with Crippen LogP contribution in [0.15, 0.2) is 24.3 Å². The van der Waals surface area contributed by atoms with Gasteiger partial charge in [0.2, 0.25) is 5.91 Å². The number of hydrogen-bond acceptors (Lipinski definition) is 4. The van der Waals surface area contributed by atoms with Gasteiger partial charge >= 0.3 is 0 Å². The number of methoxy groups -OCH3 is 1. The predicted molar refractivity (Wildman–Crippen MR) is 87.1 cm³/mol. The predicted octanol–water partition coefficient (Wildman–Crippen LogP) is 2.26. The lowest BCUT2D eigenvalue weighted by Crippen LogP contribution is -2.48. The smallest absolute Gasteiger partial charge is 0.238 e. The zero-order chi connectivity index (χ0) is 15.9. The Balaban J connectivity index is 1.97. The minimum absolute atomic E-state index is 0.0795. The standard InChI is InChI=1S/C17H26N2O3/c1-3-19(14-9-5-6-10-15(14)20)12-17(21)18-13-8-4-7-11-16(13)22-2/h4,7-8,11,14-15,20H,3,5-6,9-10,12H2,1-2H3,(H,18,21). The molecule has 22 heavy (non-hydrogen) atoms. The second-order valence-corrected chi connectivity index (χ2v) is 5.73. The Kier molecular flexibility index (Phi) is 6.21. The maximum Gasteiger partial charge on any atom is 0.238 e. The first-order valence-electron chi connectivity index (χ1n) is 8.00. The van der Waals surface area contributed by atoms with E-state index in [1.54, 1.807) is 7.11 Å². The van der Waals surface area contributed by atoms with Crippen molar-refractivity contribution >= 4 is 11.6 Å². The average Bonchev–Trinajstić information content (AvgIpc) is 2.54. The molecule has 0 radical (unpaired) electrons. The summed E-state index contributed by atoms with van der Waals surface area (Å²) in [6.07, 6.45) is 3.65. The second-order valence-electron chi connectivity index (χ2n) is 5.73. The molecule has 0 saturated heterocycles. The van der Waals surface area contributed by atoms with E-state index in [2.05, 4.69) is 10.2 Å². The first kappa shape index (κ1) is 16.8. The zero-order valence-corrected chi connectivity index (χ0v) is 13.4. The number of carbonyl (C=O) groups excluding carboxylic acids is 1. The molecule has 0 aromatic heterocycles. The van der Waals surface area contributed by atoms with Crippen molar-refractivity contribution in [2.45, 2.75) is 44.8 Å². The summed E-state index contributed by atoms with van der Waals surface area (Å²) in [6, 6.07) is 7.45. The van der Waals surface area contributed by atoms with Crippen LogP contribution in [0, 0.1) is 0 Å². The van der Waals surface area contributed by atoms with Gasteiger partial charge in [0, 0.05) is 6.04 Å². The lowest BCUT2D eigenvalue weighted by Gasteiger charge is -2.36. The van der Waals surface area contributed by atoms with Crippen molar-refractivity contribution in [2.75, 3.05) is 25.5 Å². The average molecular weight is 306 g/mol. The van der Waals surface area contributed by atoms with E-state index in [0.29, 0.717) is 11.4 Å². The molecule has 1 aliphatic rings. The molecule has 0 spiro atoms. The largest absolute Gasteiger partial charge is 0.495 e. The molecule has 5 heteroatoms. The number of hydrogen-bond donors (Lipinski definition) is 2. The molecule has 0 bridgehead atoms. The van der Waals surface area contributed by atoms with Crippen molar-refractivity contribution in [2.24, 2.45) is 0 Å². The lowest BCUT2D eigenvalue weighted by molar-refractivity contribution is -0.118. The van der Waals surface area contributed by atoms with Crippen molar-refractivity contribution in [3.63, 3.8) is 0 Å². The monoisotopic (exact) mass is 306 g/mol. The molecule has 2 unspecified atom stereocenters. The van der Waals surface area contributed by atoms with Gasteiger partial charge in [-0.05, 0) is 31.5 Å². The molecular weight excluding hydrogens is 280 g/mol. The van der Waals surface area contributed by atoms with Crippen LogP contribution in [0.25, 0.3) is 0 Å². The van der Waals surface area contributed by atoms with Crippen LogP contribution < -0.4 is 10.1 Å². The number of ether oxygens (including phenoxy) is 1. The van der Waals surface area contributed by atoms with Crippen LogP contribution in [-0.4, -0.2) is 48.3 Å². The Morgan fingerprint density at radius 3 is 2.77 bits per heavy atom. The molecule has 1 fully saturated rings. The molecule has 122 valence electrons. The van der Waals surface area contributed by atoms with Crippen molar-refractivity contribution in [3.8, 4) is 5.75 Å². The molecule has 2 N–H and O–H groups in total. The van der Waals surface area contributed by atoms with E-state index in [0.717, 1.165) is 32.2 Å². The van der Waals surface area contributed by atoms with Crippen LogP contribution in [0.5, 0.6) is 5.75 Å². The number of carbonyl (C=O) groups is 1. The van der Waals surface area contributed by atoms with Gasteiger partial charge in [0.1, 0.15) is 5.75 Å². The van der Waals surface area contributed by atoms with E-state index in [4.69, 9.17) is 4.74 Å². The summed E-state index contributed by atoms with van der Waals surface area (Å²) in [6.45, 7) is 3.06. The number of benzene rings is 1. The minimum atomic E-state index is -0.326. The first-order chi connectivity index (χ1) is 10.7. The number of nitrogens with one attached hydrogen (secondary N) is 1. The van der Waals surface area contributed by atoms with Crippen LogP contribution in [-0.2, 0) is 4.79 Å². The third kappa shape index (κ3) is 4.21. The third-order valence-corrected chi connectivity index (χ3v) is 4.30. The Labute approximate surface area is 132 Å². The van der Waals surface area contributed by atoms with Crippen LogP contribution in [0.1, 0.15) is 32.6 Å². The van der Waals surface area contributed by atoms with E-state index < -0.39 is 0 Å². The SMILES string of the molecule is CCN(CC(=O)Nc1ccccc1OC)C1CCCCC1O. The summed E-state index contributed by atoms with van der Waals surface area (Å²) >= 11 is 0. The number of rotatable bonds is 6. The van der Waals surface area contributed by atoms with Crippen molar-refractivity contribution in [1.29, 1.82) is 0 Å². The van der Waals surface area contributed by atoms with E-state index in [1.807, 2.05) is 31.2 Å². The fourth-order valence-electron chi connectivity index (χ4n) is 3.10. The van der Waals surface area contributed by atoms with E-state index in [-0.39, 0.29) is 24.6 Å². The highest BCUT2D eigenvalue weighted by Gasteiger charge is 2.29. The van der Waals surface area contributed by atoms with E-state index in [9.17, 15) is 9.90 Å². The number of likely N-dealkylation sites (N-methyl/N-ethyl adjacent to an activating group) is 1. The van der Waals surface area contributed by atoms with E-state index in [1.165, 1.54) is 0 Å². The third-order valence-electron chi connectivity index (χ3n) is 4.30. The molecule has 0 heterocycles. The molecule has 5 nitrogen and oxygen atoms in total. The summed E-state index contributed by atoms with van der Waals surface area (Å²) in [5, 5.41) is 13.1. The Hall–Kier alpha value is -1.59. The molecule has 2 rings (SSSR count). The molecule has 2 atom stereocenters. The Morgan fingerprint density at radius 1 is 1.36 bits per heavy atom. The number of aliphatic hydroxyl groups excluding tert-OH is 1. The lowest BCUT2D eigenvalue weighted by atomic mass is 9.91. The van der Waals surface area contributed by atoms with Crippen LogP contribution in [0.4, 0.5) is 5.69 Å². The highest BCUT2D eigenvalue weighted by Crippen LogP contribution is 2.25. The van der Waals surface area contributed by atoms with Gasteiger partial charge in [0.25, 0.3) is 0 Å². The molecule has 1 aromatic rings. The van der Waals surface area contributed by atoms with Gasteiger partial charge in [-0.25, -0.2) is 0 Å². The second kappa shape index (κ2) is 8.15. The van der Waals surface area contributed by atoms with Crippen molar-refractivity contribution < 1.29 is 14.6 Å². The molecular formula is C17H26N2O3. The number of nitrogens with zero attached hydrogens (tertiary/aromatic N) is 1. The van der Waals surface area contributed by atoms with Crippen LogP contribution in [0.3, 0.4) is 0 Å². The Morgan fingerprint density at radius 2 is 2.09 bits per heavy atom. The number of para-hydroxylation sites is 2. The zero-order valence-electron chi connectivity index (χ0n) is 13.4. The minimum Gasteiger partial charge on any atom is -0.495 e. The first-order valence-corrected chi connectivity index (χ1v) is 8.00. The van der Waals surface area contributed by atoms with Gasteiger partial charge in [-0.15, -0.1) is 0 Å². The topological polar surface area (TPSA) is 61.8 Å². The maximum absolute atomic E-state index is 12.3. The molecule has 1 saturated carbocycles. The van der Waals surface area contributed by atoms with Crippen molar-refractivity contribution in [1.82, 2.24) is 4.90 Å². The maximum atomic E-state index is 12.3. The summed E-state index contributed by atoms with van der Waals surface area (Å²) < 4.78 is 5.24. The number of aliphatic hydroxyl groups is 1. The van der Waals surface area contributed by atoms with Gasteiger partial charge in [0.05, 0.1) is 25.4 Å². The van der Waals surface area contributed by atoms with Gasteiger partial charge in [0.15, 0.2) is 0 Å². The Bertz CT molecular complexity index is 493. The summed E-state index contributed by atoms with van der Waals surface area (Å²) in [4.78, 5) is 14.4. The van der Waals surface area contributed by atoms with Gasteiger partial charge in [-0.3, -0.25) is 9.69 Å². The number of anilines is 1. The fourth-order valence-corrected chi connectivity index (χ4v) is 3.10. The summed E-state index contributed by atoms with van der Waals surface area (Å²) in [5.74, 6) is 0.570. The van der Waals surface area contributed by atoms with E-state index >= 15 is 0 Å². The number of amides is 1. The van der Waals surface area contributed by atoms with Crippen LogP contribution >= 0.6 is 0 Å². The highest BCUT2D eigenvalue weighted by atomic mass is 16.5. The van der Waals surface area contributed by atoms with Crippen LogP contribution in [0.2, 0.25) is 0 Å². The summed E-state index contributed by atoms with van der Waals surface area (Å²) in [7, 11) is 1.59. The normalized spacial score (nSPS) is 21.6. The molecule has 1 amide bonds. The quantitative estimate of drug-likeness (QED) is 0.846. The fraction of sp³-hybridized carbons (Fsp3) is 0.588. The van der Waals surface area contributed by atoms with Gasteiger partial charge < -0.3 is 15.2 Å². The van der Waals surface area contributed by atoms with Gasteiger partial charge in [-0.1, -0.05) is 31.9 Å². The molecule has 1 aliphatic carbocycles. The molecule has 0 aliphatic heterocycles. The van der Waals surface area contributed by atoms with Crippen molar-refractivity contribution in [3.05, 3.63) is 24.3 Å². The summed E-state index contributed by atoms with van der Waals surface area (Å²) in [5.41, 5.74) is 0.676. The van der Waals surface area contributed by atoms with Gasteiger partial charge in [-0.2, -0.15) is 0 Å². The highest BCUT2D eigenvalue weighted by molar-refractivity contribution is 5.93.